The fraction of sp³-hybridized carbons (Fsp3) is 0.533. The molecule has 0 radical (unpaired) electrons. The number of aliphatic carboxylic acids is 1. The fourth-order valence-corrected chi connectivity index (χ4v) is 2.35. The number of carboxylic acid groups (broad SMARTS) is 1. The van der Waals surface area contributed by atoms with E-state index in [4.69, 9.17) is 0 Å². The van der Waals surface area contributed by atoms with Crippen molar-refractivity contribution in [1.29, 1.82) is 0 Å². The first kappa shape index (κ1) is 17.5. The Hall–Kier alpha value is -1.53. The van der Waals surface area contributed by atoms with Crippen molar-refractivity contribution >= 4 is 5.97 Å². The van der Waals surface area contributed by atoms with Crippen molar-refractivity contribution in [3.05, 3.63) is 35.9 Å². The van der Waals surface area contributed by atoms with Gasteiger partial charge in [-0.05, 0) is 25.6 Å². The van der Waals surface area contributed by atoms with E-state index < -0.39 is 17.9 Å². The summed E-state index contributed by atoms with van der Waals surface area (Å²) < 4.78 is 24.7. The van der Waals surface area contributed by atoms with Crippen LogP contribution in [0.2, 0.25) is 0 Å². The Labute approximate surface area is 123 Å². The average molecular weight is 300 g/mol. The molecule has 1 aromatic rings. The third kappa shape index (κ3) is 4.75. The van der Waals surface area contributed by atoms with Crippen LogP contribution in [0.25, 0.3) is 0 Å². The first-order valence-electron chi connectivity index (χ1n) is 6.93. The Morgan fingerprint density at radius 1 is 1.38 bits per heavy atom. The van der Waals surface area contributed by atoms with Gasteiger partial charge in [0.15, 0.2) is 0 Å². The van der Waals surface area contributed by atoms with Gasteiger partial charge in [-0.3, -0.25) is 5.32 Å². The van der Waals surface area contributed by atoms with Crippen LogP contribution in [0.15, 0.2) is 30.3 Å². The average Bonchev–Trinajstić information content (AvgIpc) is 2.43. The van der Waals surface area contributed by atoms with Crippen LogP contribution >= 0.6 is 0 Å². The number of hydrogen-bond acceptors (Lipinski definition) is 3. The molecule has 0 heterocycles. The quantitative estimate of drug-likeness (QED) is 0.734. The lowest BCUT2D eigenvalue weighted by Crippen LogP contribution is -2.51. The van der Waals surface area contributed by atoms with E-state index in [1.165, 1.54) is 4.90 Å². The van der Waals surface area contributed by atoms with Crippen LogP contribution in [0.3, 0.4) is 0 Å². The number of nitrogens with one attached hydrogen (secondary N) is 1. The number of alkyl halides is 2. The highest BCUT2D eigenvalue weighted by molar-refractivity contribution is 5.80. The molecule has 0 aromatic heterocycles. The number of halogens is 2. The van der Waals surface area contributed by atoms with Gasteiger partial charge >= 0.3 is 5.97 Å². The van der Waals surface area contributed by atoms with Crippen LogP contribution in [-0.4, -0.2) is 49.1 Å². The summed E-state index contributed by atoms with van der Waals surface area (Å²) in [6, 6.07) is 8.83. The second-order valence-electron chi connectivity index (χ2n) is 5.01. The maximum atomic E-state index is 12.4. The highest BCUT2D eigenvalue weighted by Crippen LogP contribution is 2.26. The lowest BCUT2D eigenvalue weighted by Gasteiger charge is -2.32. The normalized spacial score (nSPS) is 14.4. The molecule has 1 rings (SSSR count). The zero-order chi connectivity index (χ0) is 15.9. The molecule has 0 fully saturated rings. The molecule has 1 atom stereocenters. The predicted octanol–water partition coefficient (Wildman–Crippen LogP) is 2.16. The minimum atomic E-state index is -2.43. The van der Waals surface area contributed by atoms with Crippen molar-refractivity contribution in [2.45, 2.75) is 25.3 Å². The molecule has 21 heavy (non-hydrogen) atoms. The van der Waals surface area contributed by atoms with Crippen LogP contribution in [-0.2, 0) is 10.3 Å². The summed E-state index contributed by atoms with van der Waals surface area (Å²) in [5.41, 5.74) is -0.628. The molecule has 2 N–H and O–H groups in total. The van der Waals surface area contributed by atoms with E-state index in [0.29, 0.717) is 12.1 Å². The summed E-state index contributed by atoms with van der Waals surface area (Å²) in [7, 11) is 1.57. The first-order chi connectivity index (χ1) is 9.92. The summed E-state index contributed by atoms with van der Waals surface area (Å²) in [5.74, 6) is -0.999. The smallest absolute Gasteiger partial charge is 0.328 e. The Kier molecular flexibility index (Phi) is 6.71. The maximum absolute atomic E-state index is 12.4. The lowest BCUT2D eigenvalue weighted by molar-refractivity contribution is -0.146. The second-order valence-corrected chi connectivity index (χ2v) is 5.01. The summed E-state index contributed by atoms with van der Waals surface area (Å²) in [6.45, 7) is 2.19. The van der Waals surface area contributed by atoms with Crippen molar-refractivity contribution in [1.82, 2.24) is 10.2 Å². The molecule has 6 heteroatoms. The first-order valence-corrected chi connectivity index (χ1v) is 6.93. The van der Waals surface area contributed by atoms with Crippen molar-refractivity contribution in [2.75, 3.05) is 26.7 Å². The molecule has 1 aromatic carbocycles. The molecule has 1 unspecified atom stereocenters. The second kappa shape index (κ2) is 8.05. The molecular formula is C15H22F2N2O2. The lowest BCUT2D eigenvalue weighted by atomic mass is 9.86. The Morgan fingerprint density at radius 3 is 2.48 bits per heavy atom. The highest BCUT2D eigenvalue weighted by atomic mass is 19.3. The van der Waals surface area contributed by atoms with Crippen LogP contribution in [0.1, 0.15) is 18.9 Å². The molecule has 0 aliphatic carbocycles. The minimum absolute atomic E-state index is 0.212. The third-order valence-electron chi connectivity index (χ3n) is 3.43. The van der Waals surface area contributed by atoms with Gasteiger partial charge in [0.2, 0.25) is 0 Å². The Bertz CT molecular complexity index is 443. The molecule has 0 aliphatic rings. The van der Waals surface area contributed by atoms with Crippen molar-refractivity contribution < 1.29 is 18.7 Å². The number of nitrogens with zero attached hydrogens (tertiary/aromatic N) is 1. The molecule has 0 aliphatic heterocycles. The van der Waals surface area contributed by atoms with Crippen molar-refractivity contribution in [2.24, 2.45) is 0 Å². The van der Waals surface area contributed by atoms with Crippen molar-refractivity contribution in [3.8, 4) is 0 Å². The van der Waals surface area contributed by atoms with Gasteiger partial charge in [-0.15, -0.1) is 0 Å². The minimum Gasteiger partial charge on any atom is -0.480 e. The molecule has 0 saturated heterocycles. The van der Waals surface area contributed by atoms with E-state index >= 15 is 0 Å². The SMILES string of the molecule is CCNC(CCN(C)CC(F)F)(C(=O)O)c1ccccc1. The fourth-order valence-electron chi connectivity index (χ4n) is 2.35. The Morgan fingerprint density at radius 2 is 2.00 bits per heavy atom. The third-order valence-corrected chi connectivity index (χ3v) is 3.43. The van der Waals surface area contributed by atoms with E-state index in [1.54, 1.807) is 31.3 Å². The van der Waals surface area contributed by atoms with E-state index in [9.17, 15) is 18.7 Å². The zero-order valence-electron chi connectivity index (χ0n) is 12.4. The summed E-state index contributed by atoms with van der Waals surface area (Å²) in [5, 5.41) is 12.7. The summed E-state index contributed by atoms with van der Waals surface area (Å²) >= 11 is 0. The van der Waals surface area contributed by atoms with Gasteiger partial charge in [-0.25, -0.2) is 13.6 Å². The molecule has 4 nitrogen and oxygen atoms in total. The number of carboxylic acids is 1. The molecule has 0 spiro atoms. The predicted molar refractivity (Wildman–Crippen MR) is 77.6 cm³/mol. The number of hydrogen-bond donors (Lipinski definition) is 2. The van der Waals surface area contributed by atoms with Gasteiger partial charge < -0.3 is 10.0 Å². The Balaban J connectivity index is 2.94. The number of carbonyl (C=O) groups is 1. The van der Waals surface area contributed by atoms with Gasteiger partial charge in [-0.1, -0.05) is 37.3 Å². The van der Waals surface area contributed by atoms with E-state index in [1.807, 2.05) is 13.0 Å². The molecular weight excluding hydrogens is 278 g/mol. The van der Waals surface area contributed by atoms with E-state index in [0.717, 1.165) is 0 Å². The topological polar surface area (TPSA) is 52.6 Å². The number of rotatable bonds is 9. The van der Waals surface area contributed by atoms with E-state index in [2.05, 4.69) is 5.32 Å². The molecule has 0 saturated carbocycles. The van der Waals surface area contributed by atoms with Crippen molar-refractivity contribution in [3.63, 3.8) is 0 Å². The zero-order valence-corrected chi connectivity index (χ0v) is 12.4. The summed E-state index contributed by atoms with van der Waals surface area (Å²) in [6.07, 6.45) is -2.21. The largest absolute Gasteiger partial charge is 0.480 e. The monoisotopic (exact) mass is 300 g/mol. The molecule has 118 valence electrons. The van der Waals surface area contributed by atoms with Crippen LogP contribution in [0.4, 0.5) is 8.78 Å². The molecule has 0 bridgehead atoms. The maximum Gasteiger partial charge on any atom is 0.328 e. The standard InChI is InChI=1S/C15H22F2N2O2/c1-3-18-15(14(20)21,12-7-5-4-6-8-12)9-10-19(2)11-13(16)17/h4-8,13,18H,3,9-11H2,1-2H3,(H,20,21). The number of benzene rings is 1. The highest BCUT2D eigenvalue weighted by Gasteiger charge is 2.39. The summed E-state index contributed by atoms with van der Waals surface area (Å²) in [4.78, 5) is 13.3. The van der Waals surface area contributed by atoms with E-state index in [-0.39, 0.29) is 19.5 Å². The van der Waals surface area contributed by atoms with Gasteiger partial charge in [0.25, 0.3) is 6.43 Å². The van der Waals surface area contributed by atoms with Crippen LogP contribution in [0, 0.1) is 0 Å². The van der Waals surface area contributed by atoms with Crippen LogP contribution < -0.4 is 5.32 Å². The number of likely N-dealkylation sites (N-methyl/N-ethyl adjacent to an activating group) is 1. The van der Waals surface area contributed by atoms with Gasteiger partial charge in [-0.2, -0.15) is 0 Å². The van der Waals surface area contributed by atoms with Gasteiger partial charge in [0.1, 0.15) is 5.54 Å². The van der Waals surface area contributed by atoms with Crippen LogP contribution in [0.5, 0.6) is 0 Å². The van der Waals surface area contributed by atoms with Gasteiger partial charge in [0.05, 0.1) is 6.54 Å². The molecule has 0 amide bonds. The van der Waals surface area contributed by atoms with Gasteiger partial charge in [0, 0.05) is 6.54 Å².